The molecule has 0 unspecified atom stereocenters. The van der Waals surface area contributed by atoms with Crippen molar-refractivity contribution < 1.29 is 14.1 Å². The summed E-state index contributed by atoms with van der Waals surface area (Å²) in [6.07, 6.45) is 1.24. The molecule has 0 radical (unpaired) electrons. The zero-order valence-electron chi connectivity index (χ0n) is 10.5. The van der Waals surface area contributed by atoms with Gasteiger partial charge in [0.2, 0.25) is 5.95 Å². The third-order valence-electron chi connectivity index (χ3n) is 2.66. The zero-order valence-corrected chi connectivity index (χ0v) is 10.5. The molecule has 0 bridgehead atoms. The number of aromatic nitrogens is 1. The predicted molar refractivity (Wildman–Crippen MR) is 70.0 cm³/mol. The van der Waals surface area contributed by atoms with Crippen LogP contribution in [0.3, 0.4) is 0 Å². The van der Waals surface area contributed by atoms with E-state index in [1.807, 2.05) is 0 Å². The van der Waals surface area contributed by atoms with Gasteiger partial charge in [-0.05, 0) is 31.2 Å². The van der Waals surface area contributed by atoms with Crippen molar-refractivity contribution in [3.05, 3.63) is 63.7 Å². The van der Waals surface area contributed by atoms with Gasteiger partial charge in [0.25, 0.3) is 11.6 Å². The summed E-state index contributed by atoms with van der Waals surface area (Å²) in [4.78, 5) is 25.4. The Morgan fingerprint density at radius 2 is 2.15 bits per heavy atom. The summed E-state index contributed by atoms with van der Waals surface area (Å²) in [5.74, 6) is -1.53. The maximum absolute atomic E-state index is 13.3. The number of pyridine rings is 1. The number of carbonyl (C=O) groups is 1. The Bertz CT molecular complexity index is 688. The van der Waals surface area contributed by atoms with Gasteiger partial charge in [0.1, 0.15) is 0 Å². The molecule has 0 aliphatic carbocycles. The molecule has 102 valence electrons. The lowest BCUT2D eigenvalue weighted by atomic mass is 10.1. The van der Waals surface area contributed by atoms with Crippen LogP contribution in [0.15, 0.2) is 36.5 Å². The number of carbonyl (C=O) groups excluding carboxylic acids is 1. The molecule has 6 nitrogen and oxygen atoms in total. The fourth-order valence-electron chi connectivity index (χ4n) is 1.69. The van der Waals surface area contributed by atoms with E-state index >= 15 is 0 Å². The minimum absolute atomic E-state index is 0.0458. The maximum atomic E-state index is 13.3. The fourth-order valence-corrected chi connectivity index (χ4v) is 1.69. The second-order valence-corrected chi connectivity index (χ2v) is 4.05. The first-order valence-electron chi connectivity index (χ1n) is 5.66. The highest BCUT2D eigenvalue weighted by atomic mass is 19.1. The Morgan fingerprint density at radius 3 is 2.75 bits per heavy atom. The van der Waals surface area contributed by atoms with Crippen molar-refractivity contribution in [2.45, 2.75) is 6.92 Å². The third kappa shape index (κ3) is 2.77. The maximum Gasteiger partial charge on any atom is 0.272 e. The van der Waals surface area contributed by atoms with Crippen LogP contribution in [-0.2, 0) is 0 Å². The van der Waals surface area contributed by atoms with Gasteiger partial charge in [-0.1, -0.05) is 0 Å². The number of hydrogen-bond donors (Lipinski definition) is 1. The molecule has 0 aliphatic rings. The molecule has 0 atom stereocenters. The van der Waals surface area contributed by atoms with Crippen LogP contribution >= 0.6 is 0 Å². The summed E-state index contributed by atoms with van der Waals surface area (Å²) >= 11 is 0. The van der Waals surface area contributed by atoms with Gasteiger partial charge in [0.15, 0.2) is 0 Å². The monoisotopic (exact) mass is 275 g/mol. The van der Waals surface area contributed by atoms with Crippen LogP contribution in [0.25, 0.3) is 0 Å². The van der Waals surface area contributed by atoms with Crippen molar-refractivity contribution in [2.24, 2.45) is 0 Å². The van der Waals surface area contributed by atoms with Crippen LogP contribution in [0.1, 0.15) is 15.9 Å². The number of nitro benzene ring substituents is 1. The van der Waals surface area contributed by atoms with E-state index in [0.29, 0.717) is 11.3 Å². The van der Waals surface area contributed by atoms with E-state index in [-0.39, 0.29) is 11.3 Å². The van der Waals surface area contributed by atoms with Crippen LogP contribution < -0.4 is 5.32 Å². The van der Waals surface area contributed by atoms with Gasteiger partial charge in [-0.25, -0.2) is 4.98 Å². The van der Waals surface area contributed by atoms with Gasteiger partial charge in [-0.15, -0.1) is 0 Å². The molecule has 20 heavy (non-hydrogen) atoms. The molecule has 0 fully saturated rings. The molecule has 0 spiro atoms. The molecular formula is C13H10FN3O3. The van der Waals surface area contributed by atoms with Gasteiger partial charge in [-0.2, -0.15) is 4.39 Å². The highest BCUT2D eigenvalue weighted by Crippen LogP contribution is 2.22. The topological polar surface area (TPSA) is 85.1 Å². The van der Waals surface area contributed by atoms with Crippen LogP contribution in [0.2, 0.25) is 0 Å². The smallest absolute Gasteiger partial charge is 0.272 e. The van der Waals surface area contributed by atoms with Crippen molar-refractivity contribution >= 4 is 17.3 Å². The molecule has 7 heteroatoms. The molecule has 1 aromatic carbocycles. The molecule has 1 N–H and O–H groups in total. The van der Waals surface area contributed by atoms with E-state index in [0.717, 1.165) is 0 Å². The normalized spacial score (nSPS) is 10.1. The zero-order chi connectivity index (χ0) is 14.7. The number of anilines is 1. The molecule has 0 saturated heterocycles. The van der Waals surface area contributed by atoms with Crippen molar-refractivity contribution in [3.63, 3.8) is 0 Å². The first-order chi connectivity index (χ1) is 9.49. The van der Waals surface area contributed by atoms with Crippen LogP contribution in [0.4, 0.5) is 15.8 Å². The lowest BCUT2D eigenvalue weighted by Gasteiger charge is -2.06. The largest absolute Gasteiger partial charge is 0.322 e. The van der Waals surface area contributed by atoms with Gasteiger partial charge in [0, 0.05) is 23.5 Å². The Morgan fingerprint density at radius 1 is 1.40 bits per heavy atom. The third-order valence-corrected chi connectivity index (χ3v) is 2.66. The number of aryl methyl sites for hydroxylation is 1. The van der Waals surface area contributed by atoms with E-state index in [1.165, 1.54) is 36.5 Å². The average Bonchev–Trinajstić information content (AvgIpc) is 2.38. The minimum atomic E-state index is -0.872. The van der Waals surface area contributed by atoms with Crippen molar-refractivity contribution in [1.29, 1.82) is 0 Å². The van der Waals surface area contributed by atoms with Crippen LogP contribution in [-0.4, -0.2) is 15.8 Å². The van der Waals surface area contributed by atoms with Crippen LogP contribution in [0.5, 0.6) is 0 Å². The van der Waals surface area contributed by atoms with Gasteiger partial charge in [0.05, 0.1) is 10.5 Å². The number of rotatable bonds is 3. The number of benzene rings is 1. The second-order valence-electron chi connectivity index (χ2n) is 4.05. The summed E-state index contributed by atoms with van der Waals surface area (Å²) in [6.45, 7) is 1.55. The number of nitrogens with zero attached hydrogens (tertiary/aromatic N) is 2. The van der Waals surface area contributed by atoms with Crippen LogP contribution in [0, 0.1) is 23.0 Å². The van der Waals surface area contributed by atoms with E-state index in [4.69, 9.17) is 0 Å². The van der Waals surface area contributed by atoms with E-state index in [9.17, 15) is 19.3 Å². The second kappa shape index (κ2) is 5.43. The molecular weight excluding hydrogens is 265 g/mol. The Kier molecular flexibility index (Phi) is 3.69. The first-order valence-corrected chi connectivity index (χ1v) is 5.66. The Balaban J connectivity index is 2.23. The van der Waals surface area contributed by atoms with Gasteiger partial charge >= 0.3 is 0 Å². The van der Waals surface area contributed by atoms with Crippen molar-refractivity contribution in [2.75, 3.05) is 5.32 Å². The summed E-state index contributed by atoms with van der Waals surface area (Å²) in [5, 5.41) is 13.1. The highest BCUT2D eigenvalue weighted by molar-refractivity contribution is 6.04. The molecule has 1 amide bonds. The Hall–Kier alpha value is -2.83. The van der Waals surface area contributed by atoms with Gasteiger partial charge < -0.3 is 5.32 Å². The number of halogens is 1. The predicted octanol–water partition coefficient (Wildman–Crippen LogP) is 2.69. The quantitative estimate of drug-likeness (QED) is 0.530. The molecule has 0 saturated carbocycles. The summed E-state index contributed by atoms with van der Waals surface area (Å²) in [6, 6.07) is 6.86. The summed E-state index contributed by atoms with van der Waals surface area (Å²) in [5.41, 5.74) is 0.514. The van der Waals surface area contributed by atoms with Crippen molar-refractivity contribution in [1.82, 2.24) is 4.98 Å². The van der Waals surface area contributed by atoms with Crippen molar-refractivity contribution in [3.8, 4) is 0 Å². The SMILES string of the molecule is Cc1cc(NC(=O)c2cccnc2F)ccc1[N+](=O)[O-]. The molecule has 1 aromatic heterocycles. The standard InChI is InChI=1S/C13H10FN3O3/c1-8-7-9(4-5-11(8)17(19)20)16-13(18)10-3-2-6-15-12(10)14/h2-7H,1H3,(H,16,18). The van der Waals surface area contributed by atoms with Gasteiger partial charge in [-0.3, -0.25) is 14.9 Å². The summed E-state index contributed by atoms with van der Waals surface area (Å²) in [7, 11) is 0. The molecule has 0 aliphatic heterocycles. The number of nitrogens with one attached hydrogen (secondary N) is 1. The average molecular weight is 275 g/mol. The van der Waals surface area contributed by atoms with E-state index < -0.39 is 16.8 Å². The Labute approximate surface area is 113 Å². The first kappa shape index (κ1) is 13.6. The molecule has 2 aromatic rings. The van der Waals surface area contributed by atoms with E-state index in [1.54, 1.807) is 6.92 Å². The number of nitro groups is 1. The lowest BCUT2D eigenvalue weighted by molar-refractivity contribution is -0.385. The molecule has 2 rings (SSSR count). The minimum Gasteiger partial charge on any atom is -0.322 e. The summed E-state index contributed by atoms with van der Waals surface area (Å²) < 4.78 is 13.3. The lowest BCUT2D eigenvalue weighted by Crippen LogP contribution is -2.14. The fraction of sp³-hybridized carbons (Fsp3) is 0.0769. The number of amides is 1. The van der Waals surface area contributed by atoms with E-state index in [2.05, 4.69) is 10.3 Å². The molecule has 1 heterocycles. The number of hydrogen-bond acceptors (Lipinski definition) is 4. The highest BCUT2D eigenvalue weighted by Gasteiger charge is 2.14.